The van der Waals surface area contributed by atoms with E-state index in [9.17, 15) is 4.79 Å². The molecule has 0 unspecified atom stereocenters. The summed E-state index contributed by atoms with van der Waals surface area (Å²) in [6.45, 7) is 3.98. The largest absolute Gasteiger partial charge is 0.328 e. The third-order valence-corrected chi connectivity index (χ3v) is 2.26. The number of aryl methyl sites for hydroxylation is 2. The van der Waals surface area contributed by atoms with Crippen molar-refractivity contribution in [3.05, 3.63) is 45.9 Å². The second-order valence-electron chi connectivity index (χ2n) is 3.35. The lowest BCUT2D eigenvalue weighted by molar-refractivity contribution is 1.24. The number of hydrogen-bond donors (Lipinski definition) is 1. The third kappa shape index (κ3) is 1.24. The zero-order chi connectivity index (χ0) is 9.42. The molecule has 0 bridgehead atoms. The van der Waals surface area contributed by atoms with Crippen molar-refractivity contribution < 1.29 is 0 Å². The highest BCUT2D eigenvalue weighted by Gasteiger charge is 2.00. The predicted molar refractivity (Wildman–Crippen MR) is 54.0 cm³/mol. The standard InChI is InChI=1S/C11H11NO/c1-7-3-4-9-8(2)6-12-11(13)10(9)5-7/h3-6H,1-2H3,(H,12,13). The van der Waals surface area contributed by atoms with E-state index >= 15 is 0 Å². The molecule has 0 saturated heterocycles. The molecule has 1 heterocycles. The van der Waals surface area contributed by atoms with Crippen LogP contribution >= 0.6 is 0 Å². The average molecular weight is 173 g/mol. The van der Waals surface area contributed by atoms with E-state index in [0.29, 0.717) is 0 Å². The molecular formula is C11H11NO. The molecule has 0 atom stereocenters. The van der Waals surface area contributed by atoms with E-state index in [1.165, 1.54) is 0 Å². The second kappa shape index (κ2) is 2.73. The molecule has 1 aromatic carbocycles. The van der Waals surface area contributed by atoms with Gasteiger partial charge < -0.3 is 4.98 Å². The average Bonchev–Trinajstić information content (AvgIpc) is 2.12. The van der Waals surface area contributed by atoms with Crippen LogP contribution in [0.15, 0.2) is 29.2 Å². The molecule has 2 nitrogen and oxygen atoms in total. The van der Waals surface area contributed by atoms with Crippen molar-refractivity contribution in [2.24, 2.45) is 0 Å². The van der Waals surface area contributed by atoms with Crippen LogP contribution in [0.2, 0.25) is 0 Å². The fourth-order valence-corrected chi connectivity index (χ4v) is 1.52. The van der Waals surface area contributed by atoms with Gasteiger partial charge in [0.2, 0.25) is 0 Å². The maximum Gasteiger partial charge on any atom is 0.255 e. The lowest BCUT2D eigenvalue weighted by Gasteiger charge is -2.01. The Bertz CT molecular complexity index is 511. The Hall–Kier alpha value is -1.57. The molecule has 0 saturated carbocycles. The summed E-state index contributed by atoms with van der Waals surface area (Å²) in [5.74, 6) is 0. The normalized spacial score (nSPS) is 10.6. The topological polar surface area (TPSA) is 32.9 Å². The van der Waals surface area contributed by atoms with E-state index in [4.69, 9.17) is 0 Å². The van der Waals surface area contributed by atoms with Crippen LogP contribution in [0.5, 0.6) is 0 Å². The molecule has 0 aliphatic carbocycles. The Morgan fingerprint density at radius 1 is 1.15 bits per heavy atom. The second-order valence-corrected chi connectivity index (χ2v) is 3.35. The monoisotopic (exact) mass is 173 g/mol. The Morgan fingerprint density at radius 2 is 1.92 bits per heavy atom. The van der Waals surface area contributed by atoms with Crippen molar-refractivity contribution in [2.75, 3.05) is 0 Å². The molecule has 2 aromatic rings. The maximum absolute atomic E-state index is 11.4. The number of fused-ring (bicyclic) bond motifs is 1. The van der Waals surface area contributed by atoms with Gasteiger partial charge in [-0.25, -0.2) is 0 Å². The molecule has 0 spiro atoms. The molecule has 0 radical (unpaired) electrons. The van der Waals surface area contributed by atoms with Crippen LogP contribution in [0, 0.1) is 13.8 Å². The number of rotatable bonds is 0. The minimum atomic E-state index is -0.00991. The summed E-state index contributed by atoms with van der Waals surface area (Å²) >= 11 is 0. The lowest BCUT2D eigenvalue weighted by atomic mass is 10.1. The molecule has 0 fully saturated rings. The van der Waals surface area contributed by atoms with Crippen LogP contribution in [0.3, 0.4) is 0 Å². The Labute approximate surface area is 76.2 Å². The van der Waals surface area contributed by atoms with Gasteiger partial charge in [-0.3, -0.25) is 4.79 Å². The SMILES string of the molecule is Cc1ccc2c(C)c[nH]c(=O)c2c1. The van der Waals surface area contributed by atoms with E-state index in [1.807, 2.05) is 32.0 Å². The molecule has 2 rings (SSSR count). The van der Waals surface area contributed by atoms with Crippen molar-refractivity contribution in [3.63, 3.8) is 0 Å². The number of hydrogen-bond acceptors (Lipinski definition) is 1. The Kier molecular flexibility index (Phi) is 1.69. The van der Waals surface area contributed by atoms with Crippen LogP contribution in [-0.4, -0.2) is 4.98 Å². The highest BCUT2D eigenvalue weighted by molar-refractivity contribution is 5.84. The summed E-state index contributed by atoms with van der Waals surface area (Å²) in [5.41, 5.74) is 2.21. The van der Waals surface area contributed by atoms with Crippen LogP contribution in [0.1, 0.15) is 11.1 Å². The number of benzene rings is 1. The number of aromatic nitrogens is 1. The van der Waals surface area contributed by atoms with Gasteiger partial charge in [0.1, 0.15) is 0 Å². The molecule has 0 aliphatic heterocycles. The summed E-state index contributed by atoms with van der Waals surface area (Å²) in [5, 5.41) is 1.81. The van der Waals surface area contributed by atoms with E-state index in [1.54, 1.807) is 6.20 Å². The molecule has 2 heteroatoms. The fraction of sp³-hybridized carbons (Fsp3) is 0.182. The first-order valence-electron chi connectivity index (χ1n) is 4.27. The van der Waals surface area contributed by atoms with Crippen LogP contribution in [-0.2, 0) is 0 Å². The number of pyridine rings is 1. The van der Waals surface area contributed by atoms with Crippen molar-refractivity contribution >= 4 is 10.8 Å². The smallest absolute Gasteiger partial charge is 0.255 e. The summed E-state index contributed by atoms with van der Waals surface area (Å²) in [6.07, 6.45) is 1.75. The fourth-order valence-electron chi connectivity index (χ4n) is 1.52. The summed E-state index contributed by atoms with van der Waals surface area (Å²) < 4.78 is 0. The molecular weight excluding hydrogens is 162 g/mol. The highest BCUT2D eigenvalue weighted by atomic mass is 16.1. The molecule has 1 aromatic heterocycles. The highest BCUT2D eigenvalue weighted by Crippen LogP contribution is 2.14. The molecule has 66 valence electrons. The zero-order valence-corrected chi connectivity index (χ0v) is 7.72. The van der Waals surface area contributed by atoms with Gasteiger partial charge in [0.25, 0.3) is 5.56 Å². The Morgan fingerprint density at radius 3 is 2.69 bits per heavy atom. The van der Waals surface area contributed by atoms with Crippen LogP contribution < -0.4 is 5.56 Å². The Balaban J connectivity index is 3.01. The van der Waals surface area contributed by atoms with E-state index in [0.717, 1.165) is 21.9 Å². The molecule has 13 heavy (non-hydrogen) atoms. The van der Waals surface area contributed by atoms with E-state index in [-0.39, 0.29) is 5.56 Å². The van der Waals surface area contributed by atoms with Gasteiger partial charge in [-0.15, -0.1) is 0 Å². The number of H-pyrrole nitrogens is 1. The molecule has 0 aliphatic rings. The van der Waals surface area contributed by atoms with E-state index < -0.39 is 0 Å². The van der Waals surface area contributed by atoms with E-state index in [2.05, 4.69) is 4.98 Å². The van der Waals surface area contributed by atoms with Crippen molar-refractivity contribution in [2.45, 2.75) is 13.8 Å². The van der Waals surface area contributed by atoms with Gasteiger partial charge in [-0.2, -0.15) is 0 Å². The predicted octanol–water partition coefficient (Wildman–Crippen LogP) is 2.14. The van der Waals surface area contributed by atoms with Gasteiger partial charge >= 0.3 is 0 Å². The minimum absolute atomic E-state index is 0.00991. The van der Waals surface area contributed by atoms with Gasteiger partial charge in [0, 0.05) is 11.6 Å². The van der Waals surface area contributed by atoms with Gasteiger partial charge in [-0.1, -0.05) is 17.7 Å². The lowest BCUT2D eigenvalue weighted by Crippen LogP contribution is -2.05. The summed E-state index contributed by atoms with van der Waals surface area (Å²) in [4.78, 5) is 14.1. The summed E-state index contributed by atoms with van der Waals surface area (Å²) in [7, 11) is 0. The first-order chi connectivity index (χ1) is 6.18. The quantitative estimate of drug-likeness (QED) is 0.650. The van der Waals surface area contributed by atoms with Gasteiger partial charge in [-0.05, 0) is 30.9 Å². The van der Waals surface area contributed by atoms with Crippen LogP contribution in [0.25, 0.3) is 10.8 Å². The van der Waals surface area contributed by atoms with Crippen LogP contribution in [0.4, 0.5) is 0 Å². The molecule has 0 amide bonds. The van der Waals surface area contributed by atoms with Crippen molar-refractivity contribution in [1.82, 2.24) is 4.98 Å². The third-order valence-electron chi connectivity index (χ3n) is 2.26. The summed E-state index contributed by atoms with van der Waals surface area (Å²) in [6, 6.07) is 5.94. The van der Waals surface area contributed by atoms with Gasteiger partial charge in [0.15, 0.2) is 0 Å². The number of nitrogens with one attached hydrogen (secondary N) is 1. The first-order valence-corrected chi connectivity index (χ1v) is 4.27. The van der Waals surface area contributed by atoms with Gasteiger partial charge in [0.05, 0.1) is 0 Å². The molecule has 1 N–H and O–H groups in total. The van der Waals surface area contributed by atoms with Crippen molar-refractivity contribution in [3.8, 4) is 0 Å². The first kappa shape index (κ1) is 8.05. The maximum atomic E-state index is 11.4. The van der Waals surface area contributed by atoms with Crippen molar-refractivity contribution in [1.29, 1.82) is 0 Å². The number of aromatic amines is 1. The minimum Gasteiger partial charge on any atom is -0.328 e. The zero-order valence-electron chi connectivity index (χ0n) is 7.72.